The van der Waals surface area contributed by atoms with Gasteiger partial charge in [-0.1, -0.05) is 23.7 Å². The fraction of sp³-hybridized carbons (Fsp3) is 0.333. The Morgan fingerprint density at radius 2 is 2.05 bits per heavy atom. The Kier molecular flexibility index (Phi) is 3.49. The minimum atomic E-state index is -0.0947. The minimum absolute atomic E-state index is 0.0947. The highest BCUT2D eigenvalue weighted by atomic mass is 35.5. The first-order valence-electron chi connectivity index (χ1n) is 6.57. The second kappa shape index (κ2) is 5.29. The van der Waals surface area contributed by atoms with Crippen molar-refractivity contribution < 1.29 is 4.74 Å². The second-order valence-corrected chi connectivity index (χ2v) is 5.37. The number of ether oxygens (including phenoxy) is 1. The molecule has 2 aromatic rings. The van der Waals surface area contributed by atoms with Crippen LogP contribution in [0.15, 0.2) is 35.1 Å². The standard InChI is InChI=1S/C15H15ClN2O2/c1-20-12-6-2-10(3-7-12)9-18-14(19)8-13(16)17-15(18)11-4-5-11/h2-3,6-8,11H,4-5,9H2,1H3. The fourth-order valence-electron chi connectivity index (χ4n) is 2.22. The van der Waals surface area contributed by atoms with Crippen LogP contribution in [0.3, 0.4) is 0 Å². The smallest absolute Gasteiger partial charge is 0.255 e. The summed E-state index contributed by atoms with van der Waals surface area (Å²) < 4.78 is 6.85. The number of halogens is 1. The summed E-state index contributed by atoms with van der Waals surface area (Å²) in [6, 6.07) is 9.06. The van der Waals surface area contributed by atoms with Crippen molar-refractivity contribution in [3.05, 3.63) is 57.2 Å². The van der Waals surface area contributed by atoms with Crippen LogP contribution in [0.25, 0.3) is 0 Å². The van der Waals surface area contributed by atoms with E-state index in [1.54, 1.807) is 11.7 Å². The van der Waals surface area contributed by atoms with Crippen molar-refractivity contribution in [2.24, 2.45) is 0 Å². The van der Waals surface area contributed by atoms with Crippen molar-refractivity contribution >= 4 is 11.6 Å². The van der Waals surface area contributed by atoms with Gasteiger partial charge < -0.3 is 4.74 Å². The van der Waals surface area contributed by atoms with E-state index in [2.05, 4.69) is 4.98 Å². The van der Waals surface area contributed by atoms with Gasteiger partial charge in [-0.3, -0.25) is 9.36 Å². The predicted molar refractivity (Wildman–Crippen MR) is 77.6 cm³/mol. The third-order valence-electron chi connectivity index (χ3n) is 3.45. The van der Waals surface area contributed by atoms with Crippen molar-refractivity contribution in [2.75, 3.05) is 7.11 Å². The van der Waals surface area contributed by atoms with Gasteiger partial charge in [-0.25, -0.2) is 4.98 Å². The van der Waals surface area contributed by atoms with Crippen molar-refractivity contribution in [1.29, 1.82) is 0 Å². The molecule has 1 fully saturated rings. The molecule has 0 unspecified atom stereocenters. The summed E-state index contributed by atoms with van der Waals surface area (Å²) in [7, 11) is 1.63. The van der Waals surface area contributed by atoms with E-state index in [4.69, 9.17) is 16.3 Å². The Hall–Kier alpha value is -1.81. The summed E-state index contributed by atoms with van der Waals surface area (Å²) in [5.74, 6) is 1.98. The van der Waals surface area contributed by atoms with E-state index < -0.39 is 0 Å². The molecule has 5 heteroatoms. The van der Waals surface area contributed by atoms with Crippen molar-refractivity contribution in [1.82, 2.24) is 9.55 Å². The Morgan fingerprint density at radius 1 is 1.35 bits per heavy atom. The van der Waals surface area contributed by atoms with E-state index in [9.17, 15) is 4.79 Å². The van der Waals surface area contributed by atoms with E-state index >= 15 is 0 Å². The molecule has 0 aliphatic heterocycles. The normalized spacial score (nSPS) is 14.3. The third kappa shape index (κ3) is 2.70. The quantitative estimate of drug-likeness (QED) is 0.813. The first-order chi connectivity index (χ1) is 9.67. The molecule has 1 heterocycles. The van der Waals surface area contributed by atoms with Crippen LogP contribution in [0, 0.1) is 0 Å². The van der Waals surface area contributed by atoms with Crippen LogP contribution in [-0.2, 0) is 6.54 Å². The molecule has 0 atom stereocenters. The number of hydrogen-bond donors (Lipinski definition) is 0. The van der Waals surface area contributed by atoms with Gasteiger partial charge in [0.1, 0.15) is 16.7 Å². The monoisotopic (exact) mass is 290 g/mol. The lowest BCUT2D eigenvalue weighted by Crippen LogP contribution is -2.24. The molecule has 1 aromatic carbocycles. The molecule has 1 aromatic heterocycles. The SMILES string of the molecule is COc1ccc(Cn2c(C3CC3)nc(Cl)cc2=O)cc1. The second-order valence-electron chi connectivity index (χ2n) is 4.98. The Morgan fingerprint density at radius 3 is 2.65 bits per heavy atom. The fourth-order valence-corrected chi connectivity index (χ4v) is 2.40. The number of benzene rings is 1. The lowest BCUT2D eigenvalue weighted by molar-refractivity contribution is 0.414. The molecule has 0 saturated heterocycles. The molecule has 0 bridgehead atoms. The van der Waals surface area contributed by atoms with E-state index in [1.807, 2.05) is 24.3 Å². The van der Waals surface area contributed by atoms with Crippen molar-refractivity contribution in [3.8, 4) is 5.75 Å². The molecule has 0 amide bonds. The molecule has 20 heavy (non-hydrogen) atoms. The average molecular weight is 291 g/mol. The van der Waals surface area contributed by atoms with E-state index in [-0.39, 0.29) is 10.7 Å². The summed E-state index contributed by atoms with van der Waals surface area (Å²) in [6.07, 6.45) is 2.16. The van der Waals surface area contributed by atoms with Crippen LogP contribution in [0.1, 0.15) is 30.1 Å². The first kappa shape index (κ1) is 13.2. The highest BCUT2D eigenvalue weighted by Crippen LogP contribution is 2.38. The summed E-state index contributed by atoms with van der Waals surface area (Å²) in [5.41, 5.74) is 0.946. The highest BCUT2D eigenvalue weighted by Gasteiger charge is 2.28. The zero-order chi connectivity index (χ0) is 14.1. The maximum atomic E-state index is 12.1. The summed E-state index contributed by atoms with van der Waals surface area (Å²) in [4.78, 5) is 16.5. The van der Waals surface area contributed by atoms with Crippen LogP contribution >= 0.6 is 11.6 Å². The van der Waals surface area contributed by atoms with Gasteiger partial charge in [0, 0.05) is 12.0 Å². The van der Waals surface area contributed by atoms with Gasteiger partial charge in [-0.05, 0) is 30.5 Å². The predicted octanol–water partition coefficient (Wildman–Crippen LogP) is 2.83. The molecule has 4 nitrogen and oxygen atoms in total. The van der Waals surface area contributed by atoms with Crippen molar-refractivity contribution in [2.45, 2.75) is 25.3 Å². The first-order valence-corrected chi connectivity index (χ1v) is 6.95. The zero-order valence-corrected chi connectivity index (χ0v) is 11.9. The highest BCUT2D eigenvalue weighted by molar-refractivity contribution is 6.29. The molecular formula is C15H15ClN2O2. The lowest BCUT2D eigenvalue weighted by atomic mass is 10.2. The Labute approximate surface area is 122 Å². The molecule has 104 valence electrons. The Bertz CT molecular complexity index is 675. The van der Waals surface area contributed by atoms with Crippen LogP contribution in [0.2, 0.25) is 5.15 Å². The number of nitrogens with zero attached hydrogens (tertiary/aromatic N) is 2. The zero-order valence-electron chi connectivity index (χ0n) is 11.2. The molecule has 3 rings (SSSR count). The molecule has 0 N–H and O–H groups in total. The lowest BCUT2D eigenvalue weighted by Gasteiger charge is -2.12. The van der Waals surface area contributed by atoms with E-state index in [1.165, 1.54) is 6.07 Å². The molecular weight excluding hydrogens is 276 g/mol. The van der Waals surface area contributed by atoms with Gasteiger partial charge in [0.25, 0.3) is 5.56 Å². The van der Waals surface area contributed by atoms with E-state index in [0.29, 0.717) is 12.5 Å². The topological polar surface area (TPSA) is 44.1 Å². The van der Waals surface area contributed by atoms with Crippen molar-refractivity contribution in [3.63, 3.8) is 0 Å². The van der Waals surface area contributed by atoms with Gasteiger partial charge in [0.15, 0.2) is 0 Å². The molecule has 1 saturated carbocycles. The average Bonchev–Trinajstić information content (AvgIpc) is 3.27. The molecule has 1 aliphatic rings. The van der Waals surface area contributed by atoms with Gasteiger partial charge in [-0.15, -0.1) is 0 Å². The van der Waals surface area contributed by atoms with Crippen LogP contribution in [0.4, 0.5) is 0 Å². The largest absolute Gasteiger partial charge is 0.497 e. The van der Waals surface area contributed by atoms with Gasteiger partial charge >= 0.3 is 0 Å². The van der Waals surface area contributed by atoms with Crippen LogP contribution in [0.5, 0.6) is 5.75 Å². The molecule has 0 spiro atoms. The molecule has 1 aliphatic carbocycles. The maximum Gasteiger partial charge on any atom is 0.255 e. The van der Waals surface area contributed by atoms with Gasteiger partial charge in [-0.2, -0.15) is 0 Å². The maximum absolute atomic E-state index is 12.1. The number of rotatable bonds is 4. The van der Waals surface area contributed by atoms with Gasteiger partial charge in [0.2, 0.25) is 0 Å². The third-order valence-corrected chi connectivity index (χ3v) is 3.64. The number of methoxy groups -OCH3 is 1. The summed E-state index contributed by atoms with van der Waals surface area (Å²) >= 11 is 5.90. The van der Waals surface area contributed by atoms with E-state index in [0.717, 1.165) is 30.0 Å². The van der Waals surface area contributed by atoms with Crippen LogP contribution < -0.4 is 10.3 Å². The minimum Gasteiger partial charge on any atom is -0.497 e. The number of hydrogen-bond acceptors (Lipinski definition) is 3. The molecule has 0 radical (unpaired) electrons. The Balaban J connectivity index is 1.95. The number of aromatic nitrogens is 2. The van der Waals surface area contributed by atoms with Crippen LogP contribution in [-0.4, -0.2) is 16.7 Å². The summed E-state index contributed by atoms with van der Waals surface area (Å²) in [6.45, 7) is 0.513. The summed E-state index contributed by atoms with van der Waals surface area (Å²) in [5, 5.41) is 0.280. The van der Waals surface area contributed by atoms with Gasteiger partial charge in [0.05, 0.1) is 13.7 Å².